The Balaban J connectivity index is 1.47. The Labute approximate surface area is 143 Å². The van der Waals surface area contributed by atoms with Gasteiger partial charge in [-0.1, -0.05) is 5.16 Å². The fourth-order valence-corrected chi connectivity index (χ4v) is 3.86. The number of hydrogen-bond acceptors (Lipinski definition) is 6. The molecule has 0 unspecified atom stereocenters. The lowest BCUT2D eigenvalue weighted by Crippen LogP contribution is -2.22. The summed E-state index contributed by atoms with van der Waals surface area (Å²) in [6, 6.07) is 5.89. The van der Waals surface area contributed by atoms with Gasteiger partial charge in [-0.3, -0.25) is 4.79 Å². The first-order valence-electron chi connectivity index (χ1n) is 6.57. The van der Waals surface area contributed by atoms with Gasteiger partial charge in [0.1, 0.15) is 0 Å². The zero-order valence-electron chi connectivity index (χ0n) is 11.4. The van der Waals surface area contributed by atoms with E-state index in [1.54, 1.807) is 22.7 Å². The van der Waals surface area contributed by atoms with Crippen molar-refractivity contribution in [2.45, 2.75) is 19.4 Å². The molecule has 1 amide bonds. The fraction of sp³-hybridized carbons (Fsp3) is 0.214. The van der Waals surface area contributed by atoms with Crippen molar-refractivity contribution in [2.24, 2.45) is 0 Å². The molecule has 0 radical (unpaired) electrons. The number of thiophene rings is 2. The van der Waals surface area contributed by atoms with E-state index >= 15 is 0 Å². The normalized spacial score (nSPS) is 10.8. The van der Waals surface area contributed by atoms with Crippen LogP contribution in [0.25, 0.3) is 11.4 Å². The average molecular weight is 398 g/mol. The molecule has 8 heteroatoms. The first-order chi connectivity index (χ1) is 10.7. The lowest BCUT2D eigenvalue weighted by atomic mass is 10.3. The van der Waals surface area contributed by atoms with Crippen LogP contribution in [0.5, 0.6) is 0 Å². The van der Waals surface area contributed by atoms with Crippen molar-refractivity contribution in [1.82, 2.24) is 15.5 Å². The summed E-state index contributed by atoms with van der Waals surface area (Å²) in [7, 11) is 0. The molecule has 0 aromatic carbocycles. The Kier molecular flexibility index (Phi) is 5.01. The maximum atomic E-state index is 11.8. The van der Waals surface area contributed by atoms with Crippen LogP contribution in [0.1, 0.15) is 17.2 Å². The summed E-state index contributed by atoms with van der Waals surface area (Å²) in [6.07, 6.45) is 0.773. The van der Waals surface area contributed by atoms with Gasteiger partial charge >= 0.3 is 0 Å². The molecule has 1 N–H and O–H groups in total. The summed E-state index contributed by atoms with van der Waals surface area (Å²) < 4.78 is 6.22. The van der Waals surface area contributed by atoms with E-state index in [2.05, 4.69) is 31.4 Å². The van der Waals surface area contributed by atoms with Crippen molar-refractivity contribution in [3.05, 3.63) is 43.5 Å². The smallest absolute Gasteiger partial charge is 0.227 e. The van der Waals surface area contributed by atoms with Gasteiger partial charge in [-0.05, 0) is 39.5 Å². The summed E-state index contributed by atoms with van der Waals surface area (Å²) in [5.74, 6) is 1.02. The maximum Gasteiger partial charge on any atom is 0.227 e. The van der Waals surface area contributed by atoms with E-state index in [0.717, 1.165) is 14.2 Å². The predicted octanol–water partition coefficient (Wildman–Crippen LogP) is 3.87. The molecule has 5 nitrogen and oxygen atoms in total. The topological polar surface area (TPSA) is 68.0 Å². The minimum Gasteiger partial charge on any atom is -0.351 e. The largest absolute Gasteiger partial charge is 0.351 e. The van der Waals surface area contributed by atoms with Gasteiger partial charge < -0.3 is 9.84 Å². The number of carbonyl (C=O) groups excluding carboxylic acids is 1. The third-order valence-corrected chi connectivity index (χ3v) is 5.21. The van der Waals surface area contributed by atoms with Gasteiger partial charge in [-0.15, -0.1) is 11.3 Å². The molecular weight excluding hydrogens is 386 g/mol. The standard InChI is InChI=1S/C14H12BrN3O2S2/c15-11-2-1-10(22-11)7-16-12(19)3-4-13-17-14(18-20-13)9-5-6-21-8-9/h1-2,5-6,8H,3-4,7H2,(H,16,19). The van der Waals surface area contributed by atoms with Gasteiger partial charge in [0.15, 0.2) is 0 Å². The summed E-state index contributed by atoms with van der Waals surface area (Å²) >= 11 is 6.59. The van der Waals surface area contributed by atoms with Gasteiger partial charge in [0.25, 0.3) is 0 Å². The van der Waals surface area contributed by atoms with Crippen molar-refractivity contribution >= 4 is 44.5 Å². The summed E-state index contributed by atoms with van der Waals surface area (Å²) in [6.45, 7) is 0.541. The number of nitrogens with one attached hydrogen (secondary N) is 1. The molecule has 0 atom stereocenters. The van der Waals surface area contributed by atoms with Crippen molar-refractivity contribution < 1.29 is 9.32 Å². The number of hydrogen-bond donors (Lipinski definition) is 1. The molecule has 0 aliphatic carbocycles. The Hall–Kier alpha value is -1.51. The van der Waals surface area contributed by atoms with E-state index in [9.17, 15) is 4.79 Å². The summed E-state index contributed by atoms with van der Waals surface area (Å²) in [5.41, 5.74) is 0.938. The second-order valence-corrected chi connectivity index (χ2v) is 7.83. The molecule has 3 rings (SSSR count). The third-order valence-electron chi connectivity index (χ3n) is 2.90. The van der Waals surface area contributed by atoms with Crippen molar-refractivity contribution in [3.8, 4) is 11.4 Å². The first-order valence-corrected chi connectivity index (χ1v) is 9.12. The Morgan fingerprint density at radius 2 is 2.27 bits per heavy atom. The molecule has 0 fully saturated rings. The number of aryl methyl sites for hydroxylation is 1. The lowest BCUT2D eigenvalue weighted by molar-refractivity contribution is -0.121. The minimum atomic E-state index is -0.0280. The van der Waals surface area contributed by atoms with Crippen LogP contribution in [-0.2, 0) is 17.8 Å². The van der Waals surface area contributed by atoms with Crippen LogP contribution in [0.2, 0.25) is 0 Å². The highest BCUT2D eigenvalue weighted by molar-refractivity contribution is 9.11. The van der Waals surface area contributed by atoms with Gasteiger partial charge in [0.2, 0.25) is 17.6 Å². The average Bonchev–Trinajstić information content (AvgIpc) is 3.23. The second kappa shape index (κ2) is 7.17. The van der Waals surface area contributed by atoms with Crippen LogP contribution in [0.4, 0.5) is 0 Å². The van der Waals surface area contributed by atoms with Crippen LogP contribution >= 0.6 is 38.6 Å². The number of halogens is 1. The van der Waals surface area contributed by atoms with E-state index in [1.165, 1.54) is 0 Å². The van der Waals surface area contributed by atoms with E-state index < -0.39 is 0 Å². The molecule has 0 saturated heterocycles. The molecular formula is C14H12BrN3O2S2. The van der Waals surface area contributed by atoms with Crippen molar-refractivity contribution in [1.29, 1.82) is 0 Å². The number of amides is 1. The van der Waals surface area contributed by atoms with Crippen LogP contribution in [0.3, 0.4) is 0 Å². The quantitative estimate of drug-likeness (QED) is 0.685. The second-order valence-electron chi connectivity index (χ2n) is 4.51. The monoisotopic (exact) mass is 397 g/mol. The predicted molar refractivity (Wildman–Crippen MR) is 89.8 cm³/mol. The molecule has 3 heterocycles. The van der Waals surface area contributed by atoms with E-state index in [-0.39, 0.29) is 5.91 Å². The SMILES string of the molecule is O=C(CCc1nc(-c2ccsc2)no1)NCc1ccc(Br)s1. The Morgan fingerprint density at radius 3 is 3.00 bits per heavy atom. The molecule has 0 aliphatic heterocycles. The number of aromatic nitrogens is 2. The lowest BCUT2D eigenvalue weighted by Gasteiger charge is -2.01. The Bertz CT molecular complexity index is 752. The highest BCUT2D eigenvalue weighted by atomic mass is 79.9. The zero-order valence-corrected chi connectivity index (χ0v) is 14.6. The molecule has 114 valence electrons. The van der Waals surface area contributed by atoms with Crippen molar-refractivity contribution in [2.75, 3.05) is 0 Å². The zero-order chi connectivity index (χ0) is 15.4. The Morgan fingerprint density at radius 1 is 1.36 bits per heavy atom. The highest BCUT2D eigenvalue weighted by Gasteiger charge is 2.11. The molecule has 0 spiro atoms. The van der Waals surface area contributed by atoms with Crippen molar-refractivity contribution in [3.63, 3.8) is 0 Å². The summed E-state index contributed by atoms with van der Waals surface area (Å²) in [5, 5.41) is 10.7. The molecule has 0 bridgehead atoms. The number of rotatable bonds is 6. The van der Waals surface area contributed by atoms with Crippen LogP contribution in [0, 0.1) is 0 Å². The van der Waals surface area contributed by atoms with Crippen LogP contribution in [0.15, 0.2) is 37.3 Å². The highest BCUT2D eigenvalue weighted by Crippen LogP contribution is 2.22. The fourth-order valence-electron chi connectivity index (χ4n) is 1.81. The first kappa shape index (κ1) is 15.4. The van der Waals surface area contributed by atoms with E-state index in [1.807, 2.05) is 29.0 Å². The molecule has 3 aromatic heterocycles. The van der Waals surface area contributed by atoms with E-state index in [0.29, 0.717) is 31.1 Å². The third kappa shape index (κ3) is 4.02. The molecule has 0 aliphatic rings. The van der Waals surface area contributed by atoms with Gasteiger partial charge in [0.05, 0.1) is 10.3 Å². The van der Waals surface area contributed by atoms with E-state index in [4.69, 9.17) is 4.52 Å². The van der Waals surface area contributed by atoms with Crippen LogP contribution in [-0.4, -0.2) is 16.0 Å². The minimum absolute atomic E-state index is 0.0280. The molecule has 3 aromatic rings. The van der Waals surface area contributed by atoms with Gasteiger partial charge in [-0.2, -0.15) is 16.3 Å². The maximum absolute atomic E-state index is 11.8. The van der Waals surface area contributed by atoms with Gasteiger partial charge in [-0.25, -0.2) is 0 Å². The van der Waals surface area contributed by atoms with Gasteiger partial charge in [0, 0.05) is 28.7 Å². The number of nitrogens with zero attached hydrogens (tertiary/aromatic N) is 2. The van der Waals surface area contributed by atoms with Crippen LogP contribution < -0.4 is 5.32 Å². The summed E-state index contributed by atoms with van der Waals surface area (Å²) in [4.78, 5) is 17.2. The molecule has 22 heavy (non-hydrogen) atoms. The molecule has 0 saturated carbocycles. The number of carbonyl (C=O) groups is 1.